The number of aryl methyl sites for hydroxylation is 1. The number of imidazole rings is 1. The van der Waals surface area contributed by atoms with Crippen molar-refractivity contribution in [1.82, 2.24) is 9.97 Å². The summed E-state index contributed by atoms with van der Waals surface area (Å²) >= 11 is 0. The zero-order chi connectivity index (χ0) is 24.3. The molecule has 1 N–H and O–H groups in total. The number of nitrogens with one attached hydrogen (secondary N) is 1. The third-order valence-electron chi connectivity index (χ3n) is 5.36. The smallest absolute Gasteiger partial charge is 0.456 e. The number of aromatic amines is 1. The predicted octanol–water partition coefficient (Wildman–Crippen LogP) is 7.54. The van der Waals surface area contributed by atoms with Crippen LogP contribution in [0, 0.1) is 0 Å². The normalized spacial score (nSPS) is 12.5. The summed E-state index contributed by atoms with van der Waals surface area (Å²) in [6, 6.07) is 20.1. The van der Waals surface area contributed by atoms with Crippen LogP contribution in [0.3, 0.4) is 0 Å². The van der Waals surface area contributed by atoms with Gasteiger partial charge in [0.15, 0.2) is 6.61 Å². The van der Waals surface area contributed by atoms with E-state index in [9.17, 15) is 22.0 Å². The molecule has 3 aromatic carbocycles. The van der Waals surface area contributed by atoms with Crippen LogP contribution >= 0.6 is 0 Å². The molecule has 0 saturated carbocycles. The number of rotatable bonds is 7. The van der Waals surface area contributed by atoms with Crippen molar-refractivity contribution in [2.75, 3.05) is 6.61 Å². The van der Waals surface area contributed by atoms with Crippen LogP contribution in [0.2, 0.25) is 0 Å². The number of aromatic nitrogens is 2. The summed E-state index contributed by atoms with van der Waals surface area (Å²) in [6.45, 7) is 0.350. The van der Waals surface area contributed by atoms with Crippen molar-refractivity contribution < 1.29 is 26.7 Å². The van der Waals surface area contributed by atoms with Crippen molar-refractivity contribution in [1.29, 1.82) is 0 Å². The maximum atomic E-state index is 13.0. The van der Waals surface area contributed by atoms with Gasteiger partial charge in [-0.15, -0.1) is 0 Å². The fourth-order valence-electron chi connectivity index (χ4n) is 3.49. The molecule has 0 bridgehead atoms. The van der Waals surface area contributed by atoms with Gasteiger partial charge in [-0.2, -0.15) is 22.0 Å². The third-order valence-corrected chi connectivity index (χ3v) is 5.36. The number of ether oxygens (including phenoxy) is 1. The molecule has 1 aromatic heterocycles. The van der Waals surface area contributed by atoms with Gasteiger partial charge in [-0.25, -0.2) is 4.98 Å². The minimum atomic E-state index is -5.65. The van der Waals surface area contributed by atoms with Gasteiger partial charge in [-0.1, -0.05) is 55.5 Å². The van der Waals surface area contributed by atoms with Crippen molar-refractivity contribution in [3.8, 4) is 16.9 Å². The second kappa shape index (κ2) is 9.29. The van der Waals surface area contributed by atoms with Gasteiger partial charge < -0.3 is 9.72 Å². The molecule has 0 unspecified atom stereocenters. The lowest BCUT2D eigenvalue weighted by Crippen LogP contribution is -2.41. The second-order valence-electron chi connectivity index (χ2n) is 7.76. The highest BCUT2D eigenvalue weighted by atomic mass is 19.4. The maximum Gasteiger partial charge on any atom is 0.456 e. The van der Waals surface area contributed by atoms with E-state index in [0.717, 1.165) is 23.0 Å². The molecule has 0 spiro atoms. The molecule has 0 aliphatic rings. The number of fused-ring (bicyclic) bond motifs is 1. The average molecular weight is 472 g/mol. The highest BCUT2D eigenvalue weighted by Crippen LogP contribution is 2.35. The lowest BCUT2D eigenvalue weighted by atomic mass is 9.98. The third kappa shape index (κ3) is 5.11. The Balaban J connectivity index is 1.46. The molecule has 0 saturated heterocycles. The molecular formula is C26H21F5N2O. The molecule has 8 heteroatoms. The van der Waals surface area contributed by atoms with Crippen LogP contribution in [0.5, 0.6) is 5.75 Å². The van der Waals surface area contributed by atoms with E-state index in [1.54, 1.807) is 24.3 Å². The van der Waals surface area contributed by atoms with E-state index in [4.69, 9.17) is 0 Å². The van der Waals surface area contributed by atoms with Crippen LogP contribution in [-0.2, 0) is 6.42 Å². The number of hydrogen-bond acceptors (Lipinski definition) is 2. The van der Waals surface area contributed by atoms with E-state index in [-0.39, 0.29) is 5.75 Å². The molecular weight excluding hydrogens is 451 g/mol. The molecule has 4 rings (SSSR count). The molecule has 1 heterocycles. The standard InChI is InChI=1S/C26H21F5N2O/c1-2-18-5-3-4-6-21(18)19-10-13-22-23(15-19)33-24(32-22)14-9-17-7-11-20(12-8-17)34-16-25(27,28)26(29,30)31/h3-15H,2,16H2,1H3,(H,32,33)/b14-9+. The molecule has 0 aliphatic carbocycles. The van der Waals surface area contributed by atoms with Crippen LogP contribution in [-0.4, -0.2) is 28.7 Å². The predicted molar refractivity (Wildman–Crippen MR) is 123 cm³/mol. The Morgan fingerprint density at radius 3 is 2.35 bits per heavy atom. The SMILES string of the molecule is CCc1ccccc1-c1ccc2nc(/C=C/c3ccc(OCC(F)(F)C(F)(F)F)cc3)[nH]c2c1. The highest BCUT2D eigenvalue weighted by molar-refractivity contribution is 5.84. The van der Waals surface area contributed by atoms with E-state index in [0.29, 0.717) is 11.4 Å². The van der Waals surface area contributed by atoms with Crippen molar-refractivity contribution >= 4 is 23.2 Å². The van der Waals surface area contributed by atoms with Gasteiger partial charge in [-0.3, -0.25) is 0 Å². The van der Waals surface area contributed by atoms with E-state index >= 15 is 0 Å². The van der Waals surface area contributed by atoms with Crippen LogP contribution < -0.4 is 4.74 Å². The van der Waals surface area contributed by atoms with Gasteiger partial charge >= 0.3 is 12.1 Å². The number of H-pyrrole nitrogens is 1. The molecule has 4 aromatic rings. The van der Waals surface area contributed by atoms with E-state index in [2.05, 4.69) is 39.8 Å². The maximum absolute atomic E-state index is 13.0. The Kier molecular flexibility index (Phi) is 6.41. The molecule has 0 radical (unpaired) electrons. The zero-order valence-corrected chi connectivity index (χ0v) is 18.2. The van der Waals surface area contributed by atoms with E-state index in [1.165, 1.54) is 23.3 Å². The minimum Gasteiger partial charge on any atom is -0.487 e. The van der Waals surface area contributed by atoms with Gasteiger partial charge in [0, 0.05) is 0 Å². The Labute approximate surface area is 192 Å². The quantitative estimate of drug-likeness (QED) is 0.282. The Bertz CT molecular complexity index is 1310. The minimum absolute atomic E-state index is 0.0790. The largest absolute Gasteiger partial charge is 0.487 e. The fraction of sp³-hybridized carbons (Fsp3) is 0.192. The topological polar surface area (TPSA) is 37.9 Å². The molecule has 176 valence electrons. The molecule has 0 fully saturated rings. The first kappa shape index (κ1) is 23.5. The van der Waals surface area contributed by atoms with E-state index in [1.807, 2.05) is 24.3 Å². The molecule has 0 amide bonds. The van der Waals surface area contributed by atoms with E-state index < -0.39 is 18.7 Å². The summed E-state index contributed by atoms with van der Waals surface area (Å²) in [6.07, 6.45) is -1.21. The van der Waals surface area contributed by atoms with Crippen molar-refractivity contribution in [3.05, 3.63) is 83.7 Å². The number of nitrogens with zero attached hydrogens (tertiary/aromatic N) is 1. The van der Waals surface area contributed by atoms with Crippen LogP contribution in [0.25, 0.3) is 34.3 Å². The van der Waals surface area contributed by atoms with Gasteiger partial charge in [0.2, 0.25) is 0 Å². The summed E-state index contributed by atoms with van der Waals surface area (Å²) in [5.74, 6) is -4.36. The lowest BCUT2D eigenvalue weighted by Gasteiger charge is -2.19. The molecule has 0 atom stereocenters. The molecule has 0 aliphatic heterocycles. The molecule has 34 heavy (non-hydrogen) atoms. The first-order valence-electron chi connectivity index (χ1n) is 10.6. The monoisotopic (exact) mass is 472 g/mol. The highest BCUT2D eigenvalue weighted by Gasteiger charge is 2.58. The Morgan fingerprint density at radius 2 is 1.65 bits per heavy atom. The van der Waals surface area contributed by atoms with Crippen LogP contribution in [0.4, 0.5) is 22.0 Å². The van der Waals surface area contributed by atoms with Crippen molar-refractivity contribution in [2.45, 2.75) is 25.4 Å². The summed E-state index contributed by atoms with van der Waals surface area (Å²) in [5.41, 5.74) is 5.93. The van der Waals surface area contributed by atoms with Crippen molar-refractivity contribution in [3.63, 3.8) is 0 Å². The number of alkyl halides is 5. The van der Waals surface area contributed by atoms with Crippen molar-refractivity contribution in [2.24, 2.45) is 0 Å². The Hall–Kier alpha value is -3.68. The fourth-order valence-corrected chi connectivity index (χ4v) is 3.49. The summed E-state index contributed by atoms with van der Waals surface area (Å²) < 4.78 is 67.3. The van der Waals surface area contributed by atoms with Crippen LogP contribution in [0.1, 0.15) is 23.9 Å². The first-order valence-corrected chi connectivity index (χ1v) is 10.6. The Morgan fingerprint density at radius 1 is 0.912 bits per heavy atom. The second-order valence-corrected chi connectivity index (χ2v) is 7.76. The summed E-state index contributed by atoms with van der Waals surface area (Å²) in [7, 11) is 0. The first-order chi connectivity index (χ1) is 16.2. The zero-order valence-electron chi connectivity index (χ0n) is 18.2. The van der Waals surface area contributed by atoms with Gasteiger partial charge in [0.25, 0.3) is 0 Å². The summed E-state index contributed by atoms with van der Waals surface area (Å²) in [5, 5.41) is 0. The molecule has 3 nitrogen and oxygen atoms in total. The van der Waals surface area contributed by atoms with Gasteiger partial charge in [0.05, 0.1) is 11.0 Å². The number of hydrogen-bond donors (Lipinski definition) is 1. The average Bonchev–Trinajstić information content (AvgIpc) is 3.23. The summed E-state index contributed by atoms with van der Waals surface area (Å²) in [4.78, 5) is 7.81. The van der Waals surface area contributed by atoms with Gasteiger partial charge in [0.1, 0.15) is 11.6 Å². The lowest BCUT2D eigenvalue weighted by molar-refractivity contribution is -0.290. The number of benzene rings is 3. The van der Waals surface area contributed by atoms with Crippen LogP contribution in [0.15, 0.2) is 66.7 Å². The van der Waals surface area contributed by atoms with Gasteiger partial charge in [-0.05, 0) is 59.0 Å². The number of halogens is 5.